The Morgan fingerprint density at radius 3 is 2.47 bits per heavy atom. The van der Waals surface area contributed by atoms with Gasteiger partial charge < -0.3 is 10.6 Å². The Morgan fingerprint density at radius 2 is 1.81 bits per heavy atom. The van der Waals surface area contributed by atoms with Gasteiger partial charge in [-0.15, -0.1) is 0 Å². The molecule has 0 fully saturated rings. The molecule has 0 saturated heterocycles. The second kappa shape index (κ2) is 9.56. The van der Waals surface area contributed by atoms with Crippen molar-refractivity contribution in [1.82, 2.24) is 4.98 Å². The summed E-state index contributed by atoms with van der Waals surface area (Å²) in [6, 6.07) is 13.1. The van der Waals surface area contributed by atoms with Crippen LogP contribution < -0.4 is 10.6 Å². The molecule has 0 saturated carbocycles. The zero-order chi connectivity index (χ0) is 23.5. The maximum Gasteiger partial charge on any atom is 0.397 e. The molecule has 2 N–H and O–H groups in total. The Kier molecular flexibility index (Phi) is 7.03. The van der Waals surface area contributed by atoms with E-state index in [2.05, 4.69) is 15.6 Å². The third-order valence-electron chi connectivity index (χ3n) is 4.81. The SMILES string of the molecule is Cc1ccnc(NC(C)c2ccc(-c3cccc(F)c3Cl)cc2)c1NC(=O)CC(F)(F)F. The van der Waals surface area contributed by atoms with Crippen molar-refractivity contribution < 1.29 is 22.4 Å². The van der Waals surface area contributed by atoms with Crippen LogP contribution >= 0.6 is 11.6 Å². The number of nitrogens with one attached hydrogen (secondary N) is 2. The monoisotopic (exact) mass is 465 g/mol. The molecule has 0 aliphatic rings. The van der Waals surface area contributed by atoms with Crippen LogP contribution in [0.25, 0.3) is 11.1 Å². The largest absolute Gasteiger partial charge is 0.397 e. The first-order chi connectivity index (χ1) is 15.0. The molecule has 1 amide bonds. The predicted octanol–water partition coefficient (Wildman–Crippen LogP) is 6.91. The molecule has 3 rings (SSSR count). The normalized spacial score (nSPS) is 12.3. The summed E-state index contributed by atoms with van der Waals surface area (Å²) < 4.78 is 51.3. The van der Waals surface area contributed by atoms with E-state index < -0.39 is 24.3 Å². The fourth-order valence-electron chi connectivity index (χ4n) is 3.16. The van der Waals surface area contributed by atoms with E-state index in [-0.39, 0.29) is 22.6 Å². The number of halogens is 5. The highest BCUT2D eigenvalue weighted by atomic mass is 35.5. The van der Waals surface area contributed by atoms with Crippen LogP contribution in [0.15, 0.2) is 54.7 Å². The van der Waals surface area contributed by atoms with Crippen molar-refractivity contribution >= 4 is 29.0 Å². The molecule has 32 heavy (non-hydrogen) atoms. The van der Waals surface area contributed by atoms with Gasteiger partial charge in [0.2, 0.25) is 5.91 Å². The van der Waals surface area contributed by atoms with Crippen molar-refractivity contribution in [3.8, 4) is 11.1 Å². The van der Waals surface area contributed by atoms with Crippen LogP contribution in [0.5, 0.6) is 0 Å². The van der Waals surface area contributed by atoms with Gasteiger partial charge >= 0.3 is 6.18 Å². The maximum atomic E-state index is 13.7. The number of amides is 1. The topological polar surface area (TPSA) is 54.0 Å². The van der Waals surface area contributed by atoms with E-state index in [1.807, 2.05) is 19.1 Å². The van der Waals surface area contributed by atoms with E-state index in [9.17, 15) is 22.4 Å². The molecule has 1 unspecified atom stereocenters. The van der Waals surface area contributed by atoms with Crippen LogP contribution in [0.3, 0.4) is 0 Å². The molecule has 0 aliphatic heterocycles. The molecule has 0 bridgehead atoms. The van der Waals surface area contributed by atoms with Crippen LogP contribution in [0.1, 0.15) is 30.5 Å². The fourth-order valence-corrected chi connectivity index (χ4v) is 3.39. The van der Waals surface area contributed by atoms with Crippen molar-refractivity contribution in [2.24, 2.45) is 0 Å². The number of hydrogen-bond donors (Lipinski definition) is 2. The zero-order valence-corrected chi connectivity index (χ0v) is 18.0. The first-order valence-electron chi connectivity index (χ1n) is 9.68. The molecule has 168 valence electrons. The minimum absolute atomic E-state index is 0.0367. The lowest BCUT2D eigenvalue weighted by molar-refractivity contribution is -0.150. The molecule has 3 aromatic rings. The van der Waals surface area contributed by atoms with Crippen LogP contribution in [-0.2, 0) is 4.79 Å². The second-order valence-corrected chi connectivity index (χ2v) is 7.66. The van der Waals surface area contributed by atoms with Gasteiger partial charge in [0.15, 0.2) is 5.82 Å². The highest BCUT2D eigenvalue weighted by Crippen LogP contribution is 2.32. The van der Waals surface area contributed by atoms with Crippen molar-refractivity contribution in [2.75, 3.05) is 10.6 Å². The van der Waals surface area contributed by atoms with Gasteiger partial charge in [0.1, 0.15) is 12.2 Å². The number of alkyl halides is 3. The highest BCUT2D eigenvalue weighted by molar-refractivity contribution is 6.33. The number of carbonyl (C=O) groups excluding carboxylic acids is 1. The fraction of sp³-hybridized carbons (Fsp3) is 0.217. The number of hydrogen-bond acceptors (Lipinski definition) is 3. The Balaban J connectivity index is 1.79. The number of rotatable bonds is 6. The van der Waals surface area contributed by atoms with Gasteiger partial charge in [0.05, 0.1) is 16.8 Å². The van der Waals surface area contributed by atoms with Gasteiger partial charge in [0, 0.05) is 11.8 Å². The van der Waals surface area contributed by atoms with Gasteiger partial charge in [-0.05, 0) is 42.7 Å². The molecule has 4 nitrogen and oxygen atoms in total. The molecule has 1 heterocycles. The number of nitrogens with zero attached hydrogens (tertiary/aromatic N) is 1. The maximum absolute atomic E-state index is 13.7. The molecule has 9 heteroatoms. The summed E-state index contributed by atoms with van der Waals surface area (Å²) in [5.74, 6) is -1.42. The number of carbonyl (C=O) groups is 1. The number of aryl methyl sites for hydroxylation is 1. The van der Waals surface area contributed by atoms with Crippen LogP contribution in [0.4, 0.5) is 29.1 Å². The third-order valence-corrected chi connectivity index (χ3v) is 5.20. The average molecular weight is 466 g/mol. The Hall–Kier alpha value is -3.13. The van der Waals surface area contributed by atoms with Gasteiger partial charge in [-0.1, -0.05) is 48.0 Å². The quantitative estimate of drug-likeness (QED) is 0.389. The van der Waals surface area contributed by atoms with Crippen molar-refractivity contribution in [1.29, 1.82) is 0 Å². The Bertz CT molecular complexity index is 1120. The third kappa shape index (κ3) is 5.76. The number of pyridine rings is 1. The van der Waals surface area contributed by atoms with E-state index in [1.54, 1.807) is 37.3 Å². The lowest BCUT2D eigenvalue weighted by Crippen LogP contribution is -2.22. The van der Waals surface area contributed by atoms with Crippen LogP contribution in [0.2, 0.25) is 5.02 Å². The summed E-state index contributed by atoms with van der Waals surface area (Å²) in [4.78, 5) is 16.0. The summed E-state index contributed by atoms with van der Waals surface area (Å²) >= 11 is 6.05. The molecular formula is C23H20ClF4N3O. The molecule has 0 aliphatic carbocycles. The van der Waals surface area contributed by atoms with E-state index in [4.69, 9.17) is 11.6 Å². The van der Waals surface area contributed by atoms with Gasteiger partial charge in [0.25, 0.3) is 0 Å². The minimum atomic E-state index is -4.60. The van der Waals surface area contributed by atoms with Gasteiger partial charge in [-0.2, -0.15) is 13.2 Å². The Labute approximate surface area is 187 Å². The first-order valence-corrected chi connectivity index (χ1v) is 10.1. The van der Waals surface area contributed by atoms with E-state index in [0.29, 0.717) is 11.1 Å². The smallest absolute Gasteiger partial charge is 0.362 e. The average Bonchev–Trinajstić information content (AvgIpc) is 2.71. The predicted molar refractivity (Wildman–Crippen MR) is 117 cm³/mol. The second-order valence-electron chi connectivity index (χ2n) is 7.28. The highest BCUT2D eigenvalue weighted by Gasteiger charge is 2.31. The number of benzene rings is 2. The number of anilines is 2. The summed E-state index contributed by atoms with van der Waals surface area (Å²) in [7, 11) is 0. The van der Waals surface area contributed by atoms with Crippen molar-refractivity contribution in [3.05, 3.63) is 76.7 Å². The van der Waals surface area contributed by atoms with Crippen molar-refractivity contribution in [2.45, 2.75) is 32.5 Å². The van der Waals surface area contributed by atoms with E-state index >= 15 is 0 Å². The molecular weight excluding hydrogens is 446 g/mol. The molecule has 1 atom stereocenters. The molecule has 0 radical (unpaired) electrons. The summed E-state index contributed by atoms with van der Waals surface area (Å²) in [6.07, 6.45) is -4.69. The number of aromatic nitrogens is 1. The van der Waals surface area contributed by atoms with Gasteiger partial charge in [-0.25, -0.2) is 9.37 Å². The summed E-state index contributed by atoms with van der Waals surface area (Å²) in [6.45, 7) is 3.51. The molecule has 0 spiro atoms. The minimum Gasteiger partial charge on any atom is -0.362 e. The first kappa shape index (κ1) is 23.5. The van der Waals surface area contributed by atoms with E-state index in [1.165, 1.54) is 12.3 Å². The lowest BCUT2D eigenvalue weighted by atomic mass is 10.0. The lowest BCUT2D eigenvalue weighted by Gasteiger charge is -2.20. The summed E-state index contributed by atoms with van der Waals surface area (Å²) in [5, 5.41) is 5.46. The standard InChI is InChI=1S/C23H20ClF4N3O/c1-13-10-11-29-22(21(13)31-19(32)12-23(26,27)28)30-14(2)15-6-8-16(9-7-15)17-4-3-5-18(25)20(17)24/h3-11,14H,12H2,1-2H3,(H,29,30)(H,31,32). The van der Waals surface area contributed by atoms with Crippen LogP contribution in [0, 0.1) is 12.7 Å². The summed E-state index contributed by atoms with van der Waals surface area (Å²) in [5.41, 5.74) is 2.91. The Morgan fingerprint density at radius 1 is 1.12 bits per heavy atom. The van der Waals surface area contributed by atoms with Crippen LogP contribution in [-0.4, -0.2) is 17.1 Å². The zero-order valence-electron chi connectivity index (χ0n) is 17.2. The van der Waals surface area contributed by atoms with E-state index in [0.717, 1.165) is 11.1 Å². The van der Waals surface area contributed by atoms with Gasteiger partial charge in [-0.3, -0.25) is 4.79 Å². The molecule has 2 aromatic carbocycles. The molecule has 1 aromatic heterocycles. The van der Waals surface area contributed by atoms with Crippen molar-refractivity contribution in [3.63, 3.8) is 0 Å².